The molecule has 66 heavy (non-hydrogen) atoms. The number of fused-ring (bicyclic) bond motifs is 4. The van der Waals surface area contributed by atoms with Gasteiger partial charge in [0.05, 0.1) is 23.9 Å². The first-order valence-electron chi connectivity index (χ1n) is 22.4. The van der Waals surface area contributed by atoms with Crippen LogP contribution in [0, 0.1) is 39.5 Å². The molecule has 0 bridgehead atoms. The quantitative estimate of drug-likeness (QED) is 0.160. The van der Waals surface area contributed by atoms with Crippen molar-refractivity contribution >= 4 is 29.9 Å². The van der Waals surface area contributed by atoms with Crippen molar-refractivity contribution in [3.63, 3.8) is 0 Å². The van der Waals surface area contributed by atoms with Crippen molar-refractivity contribution in [3.8, 4) is 0 Å². The molecule has 2 amide bonds. The van der Waals surface area contributed by atoms with Crippen LogP contribution in [-0.4, -0.2) is 88.7 Å². The van der Waals surface area contributed by atoms with Crippen molar-refractivity contribution in [1.82, 2.24) is 10.6 Å². The molecular weight excluding hydrogens is 848 g/mol. The number of carbonyl (C=O) groups excluding carboxylic acids is 2. The number of aromatic carboxylic acids is 1. The molecule has 4 aliphatic heterocycles. The second-order valence-corrected chi connectivity index (χ2v) is 18.3. The zero-order valence-electron chi connectivity index (χ0n) is 40.6. The number of rotatable bonds is 1. The largest absolute Gasteiger partial charge is 1.00 e. The number of ether oxygens (including phenoxy) is 4. The van der Waals surface area contributed by atoms with Gasteiger partial charge in [0, 0.05) is 24.2 Å². The maximum atomic E-state index is 12.8. The van der Waals surface area contributed by atoms with E-state index in [4.69, 9.17) is 24.1 Å². The topological polar surface area (TPSA) is 183 Å². The van der Waals surface area contributed by atoms with E-state index in [1.165, 1.54) is 0 Å². The molecule has 5 N–H and O–H groups in total. The summed E-state index contributed by atoms with van der Waals surface area (Å²) in [6.07, 6.45) is 16.8. The third-order valence-electron chi connectivity index (χ3n) is 11.3. The minimum Gasteiger partial charge on any atom is -0.870 e. The summed E-state index contributed by atoms with van der Waals surface area (Å²) in [4.78, 5) is 35.8. The first-order valence-corrected chi connectivity index (χ1v) is 22.4. The molecule has 2 saturated heterocycles. The third-order valence-corrected chi connectivity index (χ3v) is 11.3. The van der Waals surface area contributed by atoms with Gasteiger partial charge < -0.3 is 45.3 Å². The van der Waals surface area contributed by atoms with Gasteiger partial charge in [0.15, 0.2) is 11.6 Å². The van der Waals surface area contributed by atoms with Crippen LogP contribution in [-0.2, 0) is 18.9 Å². The number of carboxylic acids is 1. The normalized spacial score (nSPS) is 27.5. The molecule has 12 nitrogen and oxygen atoms in total. The van der Waals surface area contributed by atoms with Crippen LogP contribution in [0.3, 0.4) is 0 Å². The van der Waals surface area contributed by atoms with Crippen molar-refractivity contribution in [1.29, 1.82) is 0 Å². The van der Waals surface area contributed by atoms with E-state index in [1.54, 1.807) is 36.4 Å². The molecule has 0 radical (unpaired) electrons. The number of aryl methyl sites for hydroxylation is 4. The number of benzene rings is 3. The van der Waals surface area contributed by atoms with Crippen molar-refractivity contribution in [2.45, 2.75) is 131 Å². The van der Waals surface area contributed by atoms with Crippen molar-refractivity contribution in [2.75, 3.05) is 13.1 Å². The molecule has 4 aliphatic rings. The van der Waals surface area contributed by atoms with Gasteiger partial charge in [0.1, 0.15) is 12.2 Å². The Morgan fingerprint density at radius 3 is 1.56 bits per heavy atom. The van der Waals surface area contributed by atoms with Crippen molar-refractivity contribution in [2.24, 2.45) is 11.8 Å². The van der Waals surface area contributed by atoms with Crippen LogP contribution in [0.4, 0.5) is 0 Å². The summed E-state index contributed by atoms with van der Waals surface area (Å²) in [5, 5.41) is 25.1. The Hall–Kier alpha value is -4.21. The van der Waals surface area contributed by atoms with Crippen LogP contribution in [0.25, 0.3) is 12.2 Å². The molecule has 0 spiro atoms. The number of aliphatic hydroxyl groups excluding tert-OH is 1. The van der Waals surface area contributed by atoms with E-state index in [-0.39, 0.29) is 77.0 Å². The van der Waals surface area contributed by atoms with Crippen LogP contribution in [0.1, 0.15) is 125 Å². The van der Waals surface area contributed by atoms with Gasteiger partial charge >= 0.3 is 35.5 Å². The summed E-state index contributed by atoms with van der Waals surface area (Å²) in [6, 6.07) is 16.5. The summed E-state index contributed by atoms with van der Waals surface area (Å²) in [5.41, 5.74) is 7.87. The van der Waals surface area contributed by atoms with E-state index in [0.29, 0.717) is 30.6 Å². The van der Waals surface area contributed by atoms with E-state index < -0.39 is 29.8 Å². The van der Waals surface area contributed by atoms with Gasteiger partial charge in [-0.1, -0.05) is 116 Å². The fraction of sp³-hybridized carbons (Fsp3) is 0.453. The average molecular weight is 917 g/mol. The monoisotopic (exact) mass is 916 g/mol. The number of amides is 2. The van der Waals surface area contributed by atoms with Gasteiger partial charge in [-0.2, -0.15) is 0 Å². The van der Waals surface area contributed by atoms with Crippen LogP contribution >= 0.6 is 0 Å². The average Bonchev–Trinajstić information content (AvgIpc) is 3.70. The molecule has 0 aliphatic carbocycles. The van der Waals surface area contributed by atoms with Crippen LogP contribution in [0.2, 0.25) is 0 Å². The molecule has 0 saturated carbocycles. The molecular formula is C53H69N2NaO10. The van der Waals surface area contributed by atoms with Gasteiger partial charge in [0.25, 0.3) is 11.8 Å². The van der Waals surface area contributed by atoms with E-state index in [9.17, 15) is 19.5 Å². The molecule has 7 atom stereocenters. The smallest absolute Gasteiger partial charge is 0.870 e. The van der Waals surface area contributed by atoms with Crippen molar-refractivity contribution in [3.05, 3.63) is 141 Å². The molecule has 13 heteroatoms. The first kappa shape index (κ1) is 56.1. The minimum atomic E-state index is -0.879. The Balaban J connectivity index is 0.000000287. The van der Waals surface area contributed by atoms with Crippen molar-refractivity contribution < 1.29 is 78.6 Å². The maximum Gasteiger partial charge on any atom is 1.00 e. The Labute approximate surface area is 413 Å². The Morgan fingerprint density at radius 1 is 0.636 bits per heavy atom. The minimum absolute atomic E-state index is 0. The van der Waals surface area contributed by atoms with Crippen LogP contribution in [0.5, 0.6) is 0 Å². The summed E-state index contributed by atoms with van der Waals surface area (Å²) < 4.78 is 24.2. The molecule has 7 rings (SSSR count). The molecule has 352 valence electrons. The van der Waals surface area contributed by atoms with Gasteiger partial charge in [-0.25, -0.2) is 4.79 Å². The molecule has 0 aromatic heterocycles. The number of aliphatic hydroxyl groups is 1. The van der Waals surface area contributed by atoms with Crippen LogP contribution in [0.15, 0.2) is 91.1 Å². The van der Waals surface area contributed by atoms with Crippen LogP contribution < -0.4 is 40.2 Å². The van der Waals surface area contributed by atoms with E-state index >= 15 is 0 Å². The zero-order valence-corrected chi connectivity index (χ0v) is 42.6. The van der Waals surface area contributed by atoms with E-state index in [0.717, 1.165) is 51.8 Å². The van der Waals surface area contributed by atoms with E-state index in [2.05, 4.69) is 54.8 Å². The molecule has 2 fully saturated rings. The number of carboxylic acid groups (broad SMARTS) is 1. The number of nitrogens with one attached hydrogen (secondary N) is 2. The number of hydrogen-bond donors (Lipinski definition) is 4. The summed E-state index contributed by atoms with van der Waals surface area (Å²) in [6.45, 7) is 20.9. The Bertz CT molecular complexity index is 2230. The Kier molecular flexibility index (Phi) is 21.5. The predicted octanol–water partition coefficient (Wildman–Crippen LogP) is 6.29. The second kappa shape index (κ2) is 25.2. The fourth-order valence-electron chi connectivity index (χ4n) is 8.44. The molecule has 3 aromatic rings. The summed E-state index contributed by atoms with van der Waals surface area (Å²) in [5.74, 6) is -1.91. The molecule has 3 unspecified atom stereocenters. The van der Waals surface area contributed by atoms with Gasteiger partial charge in [-0.05, 0) is 121 Å². The Morgan fingerprint density at radius 2 is 1.08 bits per heavy atom. The van der Waals surface area contributed by atoms with Gasteiger partial charge in [-0.15, -0.1) is 0 Å². The fourth-order valence-corrected chi connectivity index (χ4v) is 8.44. The summed E-state index contributed by atoms with van der Waals surface area (Å²) >= 11 is 0. The SMILES string of the molecule is Cc1cc(C)c2c(c1)/C=C/C[C@@H]1OC(C)(C)OC1C(O)/C=C\[C@@H](C)CNC2=O.Cc1cc(C)c2c(c1)/C=C/C[C@@H]1OC(C)(C)OC1C/C=C\[C@@H](C)CNC2=O.O=C(O)c1ccccc1.[Na+].[OH-]. The van der Waals surface area contributed by atoms with Gasteiger partial charge in [0.2, 0.25) is 0 Å². The standard InChI is InChI=1S/C23H31NO4.C23H31NO3.C7H6O2.Na.H2O/c1-14-9-10-18(25)21-19(27-23(4,5)28-21)8-6-7-17-12-15(2)11-16(3)20(17)22(26)24-13-14;1-15-8-6-10-19-20(27-23(4,5)26-19)11-7-9-18-13-16(2)12-17(3)21(18)22(25)24-14-15;8-7(9)6-4-2-1-3-5-6;;/h6-7,9-12,14,18-19,21,25H,8,13H2,1-5H3,(H,24,26);6-9,12-13,15,19-20H,10-11,14H2,1-5H3,(H,24,25);1-5H,(H,8,9);;1H2/q;;;+1;/p-1/b7-6+,10-9-;8-6-,9-7+;;;/t14-,18?,19+,21?;15-,19?,20+;;;/m11.../s1. The zero-order chi connectivity index (χ0) is 46.8. The maximum absolute atomic E-state index is 12.8. The number of carbonyl (C=O) groups is 3. The molecule has 4 heterocycles. The summed E-state index contributed by atoms with van der Waals surface area (Å²) in [7, 11) is 0. The molecule has 3 aromatic carbocycles. The van der Waals surface area contributed by atoms with Gasteiger partial charge in [-0.3, -0.25) is 9.59 Å². The van der Waals surface area contributed by atoms with E-state index in [1.807, 2.05) is 91.8 Å². The first-order chi connectivity index (χ1) is 30.2. The predicted molar refractivity (Wildman–Crippen MR) is 254 cm³/mol. The third kappa shape index (κ3) is 16.2. The number of hydrogen-bond acceptors (Lipinski definition) is 9. The second-order valence-electron chi connectivity index (χ2n) is 18.3.